The highest BCUT2D eigenvalue weighted by molar-refractivity contribution is 5.98. The molecule has 1 aliphatic heterocycles. The number of hydrogen-bond donors (Lipinski definition) is 1. The quantitative estimate of drug-likeness (QED) is 0.897. The molecule has 26 heavy (non-hydrogen) atoms. The lowest BCUT2D eigenvalue weighted by Gasteiger charge is -2.41. The van der Waals surface area contributed by atoms with Crippen molar-refractivity contribution in [3.05, 3.63) is 35.4 Å². The van der Waals surface area contributed by atoms with Gasteiger partial charge in [-0.25, -0.2) is 8.78 Å². The van der Waals surface area contributed by atoms with Crippen LogP contribution in [0, 0.1) is 11.6 Å². The Morgan fingerprint density at radius 3 is 2.35 bits per heavy atom. The van der Waals surface area contributed by atoms with Gasteiger partial charge in [0.05, 0.1) is 6.61 Å². The highest BCUT2D eigenvalue weighted by Crippen LogP contribution is 2.41. The molecule has 1 aromatic rings. The Hall–Kier alpha value is -2.02. The lowest BCUT2D eigenvalue weighted by atomic mass is 9.89. The van der Waals surface area contributed by atoms with Crippen molar-refractivity contribution in [2.45, 2.75) is 62.8 Å². The Morgan fingerprint density at radius 1 is 1.08 bits per heavy atom. The zero-order chi connectivity index (χ0) is 18.3. The molecule has 7 heteroatoms. The fourth-order valence-corrected chi connectivity index (χ4v) is 4.01. The van der Waals surface area contributed by atoms with E-state index in [4.69, 9.17) is 4.74 Å². The fourth-order valence-electron chi connectivity index (χ4n) is 4.01. The average Bonchev–Trinajstić information content (AvgIpc) is 3.35. The first kappa shape index (κ1) is 17.4. The van der Waals surface area contributed by atoms with Gasteiger partial charge in [-0.3, -0.25) is 14.5 Å². The monoisotopic (exact) mass is 364 g/mol. The van der Waals surface area contributed by atoms with Gasteiger partial charge in [0.25, 0.3) is 5.91 Å². The van der Waals surface area contributed by atoms with Gasteiger partial charge in [0.1, 0.15) is 23.4 Å². The van der Waals surface area contributed by atoms with Crippen LogP contribution < -0.4 is 5.32 Å². The first-order valence-electron chi connectivity index (χ1n) is 9.23. The van der Waals surface area contributed by atoms with Gasteiger partial charge < -0.3 is 10.1 Å². The Labute approximate surface area is 150 Å². The van der Waals surface area contributed by atoms with Crippen LogP contribution in [0.3, 0.4) is 0 Å². The van der Waals surface area contributed by atoms with E-state index >= 15 is 0 Å². The minimum Gasteiger partial charge on any atom is -0.353 e. The molecule has 0 aromatic heterocycles. The lowest BCUT2D eigenvalue weighted by molar-refractivity contribution is -0.127. The van der Waals surface area contributed by atoms with Crippen LogP contribution in [0.1, 0.15) is 55.3 Å². The first-order chi connectivity index (χ1) is 12.5. The van der Waals surface area contributed by atoms with E-state index in [-0.39, 0.29) is 24.1 Å². The molecule has 5 nitrogen and oxygen atoms in total. The molecule has 140 valence electrons. The molecule has 2 amide bonds. The Kier molecular flexibility index (Phi) is 4.42. The number of ether oxygens (including phenoxy) is 1. The largest absolute Gasteiger partial charge is 0.353 e. The van der Waals surface area contributed by atoms with Crippen molar-refractivity contribution in [3.63, 3.8) is 0 Å². The number of amides is 2. The van der Waals surface area contributed by atoms with Crippen LogP contribution in [0.4, 0.5) is 8.78 Å². The maximum absolute atomic E-state index is 13.6. The van der Waals surface area contributed by atoms with Gasteiger partial charge in [-0.15, -0.1) is 0 Å². The summed E-state index contributed by atoms with van der Waals surface area (Å²) in [5.74, 6) is -2.44. The third kappa shape index (κ3) is 3.20. The molecule has 3 fully saturated rings. The lowest BCUT2D eigenvalue weighted by Crippen LogP contribution is -2.56. The maximum atomic E-state index is 13.6. The van der Waals surface area contributed by atoms with Gasteiger partial charge in [0, 0.05) is 17.7 Å². The van der Waals surface area contributed by atoms with Crippen LogP contribution in [-0.2, 0) is 9.53 Å². The summed E-state index contributed by atoms with van der Waals surface area (Å²) >= 11 is 0. The summed E-state index contributed by atoms with van der Waals surface area (Å²) in [5, 5.41) is 2.92. The van der Waals surface area contributed by atoms with Gasteiger partial charge in [0.2, 0.25) is 5.91 Å². The number of halogens is 2. The van der Waals surface area contributed by atoms with Gasteiger partial charge in [-0.1, -0.05) is 6.42 Å². The van der Waals surface area contributed by atoms with Gasteiger partial charge in [-0.05, 0) is 50.7 Å². The number of rotatable bonds is 3. The number of hydrogen-bond acceptors (Lipinski definition) is 3. The number of carbonyl (C=O) groups is 2. The van der Waals surface area contributed by atoms with Crippen molar-refractivity contribution in [2.24, 2.45) is 0 Å². The van der Waals surface area contributed by atoms with Crippen molar-refractivity contribution < 1.29 is 23.1 Å². The van der Waals surface area contributed by atoms with E-state index in [0.29, 0.717) is 12.8 Å². The second-order valence-corrected chi connectivity index (χ2v) is 7.45. The molecular formula is C19H22F2N2O3. The minimum absolute atomic E-state index is 0.0952. The van der Waals surface area contributed by atoms with Gasteiger partial charge in [0.15, 0.2) is 0 Å². The van der Waals surface area contributed by atoms with E-state index in [0.717, 1.165) is 50.3 Å². The molecule has 3 aliphatic rings. The van der Waals surface area contributed by atoms with Crippen LogP contribution in [0.25, 0.3) is 0 Å². The molecule has 1 N–H and O–H groups in total. The Morgan fingerprint density at radius 2 is 1.73 bits per heavy atom. The third-order valence-electron chi connectivity index (χ3n) is 5.45. The SMILES string of the molecule is O=C(NC1CC1)C1COC2(CCCCC2)N1C(=O)c1cc(F)cc(F)c1. The van der Waals surface area contributed by atoms with Crippen LogP contribution >= 0.6 is 0 Å². The second kappa shape index (κ2) is 6.61. The molecule has 0 radical (unpaired) electrons. The predicted molar refractivity (Wildman–Crippen MR) is 89.2 cm³/mol. The summed E-state index contributed by atoms with van der Waals surface area (Å²) in [6.07, 6.45) is 5.95. The topological polar surface area (TPSA) is 58.6 Å². The zero-order valence-corrected chi connectivity index (χ0v) is 14.5. The van der Waals surface area contributed by atoms with Crippen LogP contribution in [-0.4, -0.2) is 41.1 Å². The van der Waals surface area contributed by atoms with Crippen LogP contribution in [0.2, 0.25) is 0 Å². The average molecular weight is 364 g/mol. The molecule has 1 atom stereocenters. The van der Waals surface area contributed by atoms with Gasteiger partial charge >= 0.3 is 0 Å². The van der Waals surface area contributed by atoms with E-state index in [1.54, 1.807) is 0 Å². The van der Waals surface area contributed by atoms with Gasteiger partial charge in [-0.2, -0.15) is 0 Å². The van der Waals surface area contributed by atoms with Crippen molar-refractivity contribution in [2.75, 3.05) is 6.61 Å². The molecule has 1 spiro atoms. The molecule has 1 saturated heterocycles. The molecule has 1 unspecified atom stereocenters. The smallest absolute Gasteiger partial charge is 0.257 e. The highest BCUT2D eigenvalue weighted by Gasteiger charge is 2.53. The molecule has 1 heterocycles. The minimum atomic E-state index is -0.857. The van der Waals surface area contributed by atoms with Crippen molar-refractivity contribution in [1.82, 2.24) is 10.2 Å². The third-order valence-corrected chi connectivity index (χ3v) is 5.45. The van der Waals surface area contributed by atoms with Crippen molar-refractivity contribution in [1.29, 1.82) is 0 Å². The predicted octanol–water partition coefficient (Wildman–Crippen LogP) is 2.74. The van der Waals surface area contributed by atoms with E-state index in [2.05, 4.69) is 5.32 Å². The summed E-state index contributed by atoms with van der Waals surface area (Å²) in [5.41, 5.74) is -0.953. The highest BCUT2D eigenvalue weighted by atomic mass is 19.1. The standard InChI is InChI=1S/C19H22F2N2O3/c20-13-8-12(9-14(21)10-13)18(25)23-16(17(24)22-15-4-5-15)11-26-19(23)6-2-1-3-7-19/h8-10,15-16H,1-7,11H2,(H,22,24). The normalized spacial score (nSPS) is 24.7. The van der Waals surface area contributed by atoms with Crippen LogP contribution in [0.15, 0.2) is 18.2 Å². The van der Waals surface area contributed by atoms with Crippen molar-refractivity contribution in [3.8, 4) is 0 Å². The van der Waals surface area contributed by atoms with Crippen molar-refractivity contribution >= 4 is 11.8 Å². The molecule has 2 aliphatic carbocycles. The van der Waals surface area contributed by atoms with E-state index in [9.17, 15) is 18.4 Å². The zero-order valence-electron chi connectivity index (χ0n) is 14.5. The number of nitrogens with one attached hydrogen (secondary N) is 1. The summed E-state index contributed by atoms with van der Waals surface area (Å²) in [6.45, 7) is 0.113. The molecular weight excluding hydrogens is 342 g/mol. The fraction of sp³-hybridized carbons (Fsp3) is 0.579. The second-order valence-electron chi connectivity index (χ2n) is 7.45. The molecule has 2 saturated carbocycles. The number of nitrogens with zero attached hydrogens (tertiary/aromatic N) is 1. The summed E-state index contributed by atoms with van der Waals surface area (Å²) in [6, 6.07) is 2.14. The molecule has 4 rings (SSSR count). The Balaban J connectivity index is 1.67. The summed E-state index contributed by atoms with van der Waals surface area (Å²) in [7, 11) is 0. The van der Waals surface area contributed by atoms with E-state index in [1.165, 1.54) is 4.90 Å². The van der Waals surface area contributed by atoms with Crippen LogP contribution in [0.5, 0.6) is 0 Å². The molecule has 0 bridgehead atoms. The molecule has 1 aromatic carbocycles. The summed E-state index contributed by atoms with van der Waals surface area (Å²) in [4.78, 5) is 27.3. The van der Waals surface area contributed by atoms with E-state index in [1.807, 2.05) is 0 Å². The maximum Gasteiger partial charge on any atom is 0.257 e. The Bertz CT molecular complexity index is 709. The number of benzene rings is 1. The summed E-state index contributed by atoms with van der Waals surface area (Å²) < 4.78 is 33.2. The number of carbonyl (C=O) groups excluding carboxylic acids is 2. The first-order valence-corrected chi connectivity index (χ1v) is 9.23. The van der Waals surface area contributed by atoms with E-state index < -0.39 is 29.3 Å².